The number of hydrogen-bond donors (Lipinski definition) is 2. The third-order valence-corrected chi connectivity index (χ3v) is 4.05. The Morgan fingerprint density at radius 2 is 2.18 bits per heavy atom. The van der Waals surface area contributed by atoms with Crippen LogP contribution in [0.5, 0.6) is 0 Å². The van der Waals surface area contributed by atoms with Crippen LogP contribution in [-0.2, 0) is 4.74 Å². The number of thiophene rings is 1. The molecule has 2 rings (SSSR count). The van der Waals surface area contributed by atoms with Crippen LogP contribution in [0.2, 0.25) is 0 Å². The Kier molecular flexibility index (Phi) is 5.35. The molecule has 0 saturated heterocycles. The summed E-state index contributed by atoms with van der Waals surface area (Å²) in [5.74, 6) is -0.290. The number of furan rings is 1. The number of nitrogens with one attached hydrogen (secondary N) is 2. The van der Waals surface area contributed by atoms with Gasteiger partial charge in [0.1, 0.15) is 0 Å². The van der Waals surface area contributed by atoms with Crippen LogP contribution in [0, 0.1) is 6.92 Å². The lowest BCUT2D eigenvalue weighted by atomic mass is 10.2. The summed E-state index contributed by atoms with van der Waals surface area (Å²) in [4.78, 5) is 24.7. The van der Waals surface area contributed by atoms with E-state index < -0.39 is 0 Å². The topological polar surface area (TPSA) is 80.6 Å². The van der Waals surface area contributed by atoms with Gasteiger partial charge in [0, 0.05) is 13.2 Å². The molecule has 0 fully saturated rings. The van der Waals surface area contributed by atoms with Gasteiger partial charge in [-0.3, -0.25) is 9.59 Å². The SMILES string of the molecule is COCC(C)NC(=O)c1sc(NC(=O)c2ccco2)cc1C. The van der Waals surface area contributed by atoms with E-state index in [9.17, 15) is 9.59 Å². The minimum atomic E-state index is -0.342. The molecule has 118 valence electrons. The van der Waals surface area contributed by atoms with Crippen LogP contribution in [0.4, 0.5) is 5.00 Å². The molecule has 6 nitrogen and oxygen atoms in total. The summed E-state index contributed by atoms with van der Waals surface area (Å²) < 4.78 is 10.0. The maximum Gasteiger partial charge on any atom is 0.291 e. The van der Waals surface area contributed by atoms with Gasteiger partial charge in [-0.05, 0) is 37.6 Å². The van der Waals surface area contributed by atoms with Crippen molar-refractivity contribution in [3.05, 3.63) is 40.7 Å². The number of carbonyl (C=O) groups excluding carboxylic acids is 2. The van der Waals surface area contributed by atoms with Crippen LogP contribution in [0.3, 0.4) is 0 Å². The maximum absolute atomic E-state index is 12.2. The predicted molar refractivity (Wildman–Crippen MR) is 84.5 cm³/mol. The van der Waals surface area contributed by atoms with Crippen LogP contribution in [0.1, 0.15) is 32.7 Å². The van der Waals surface area contributed by atoms with E-state index in [0.29, 0.717) is 16.5 Å². The highest BCUT2D eigenvalue weighted by Crippen LogP contribution is 2.27. The minimum absolute atomic E-state index is 0.0832. The molecule has 2 amide bonds. The first kappa shape index (κ1) is 16.3. The zero-order valence-electron chi connectivity index (χ0n) is 12.6. The van der Waals surface area contributed by atoms with Crippen molar-refractivity contribution >= 4 is 28.2 Å². The predicted octanol–water partition coefficient (Wildman–Crippen LogP) is 2.67. The van der Waals surface area contributed by atoms with Crippen LogP contribution in [-0.4, -0.2) is 31.6 Å². The van der Waals surface area contributed by atoms with Crippen molar-refractivity contribution < 1.29 is 18.7 Å². The number of carbonyl (C=O) groups is 2. The molecule has 2 aromatic rings. The van der Waals surface area contributed by atoms with Gasteiger partial charge in [-0.1, -0.05) is 0 Å². The first-order valence-electron chi connectivity index (χ1n) is 6.76. The summed E-state index contributed by atoms with van der Waals surface area (Å²) >= 11 is 1.23. The molecule has 1 atom stereocenters. The average molecular weight is 322 g/mol. The molecule has 0 bridgehead atoms. The highest BCUT2D eigenvalue weighted by atomic mass is 32.1. The fourth-order valence-electron chi connectivity index (χ4n) is 1.93. The summed E-state index contributed by atoms with van der Waals surface area (Å²) in [6.45, 7) is 4.14. The van der Waals surface area contributed by atoms with E-state index in [2.05, 4.69) is 10.6 Å². The van der Waals surface area contributed by atoms with Crippen LogP contribution in [0.25, 0.3) is 0 Å². The molecule has 0 saturated carbocycles. The first-order valence-corrected chi connectivity index (χ1v) is 7.58. The van der Waals surface area contributed by atoms with E-state index in [4.69, 9.17) is 9.15 Å². The van der Waals surface area contributed by atoms with Crippen molar-refractivity contribution in [2.24, 2.45) is 0 Å². The Balaban J connectivity index is 2.04. The molecule has 0 aliphatic rings. The molecular formula is C15H18N2O4S. The van der Waals surface area contributed by atoms with Crippen molar-refractivity contribution in [3.63, 3.8) is 0 Å². The second-order valence-corrected chi connectivity index (χ2v) is 5.94. The normalized spacial score (nSPS) is 12.0. The van der Waals surface area contributed by atoms with Gasteiger partial charge in [-0.15, -0.1) is 11.3 Å². The molecule has 0 radical (unpaired) electrons. The highest BCUT2D eigenvalue weighted by molar-refractivity contribution is 7.18. The van der Waals surface area contributed by atoms with E-state index >= 15 is 0 Å². The van der Waals surface area contributed by atoms with Gasteiger partial charge in [-0.2, -0.15) is 0 Å². The van der Waals surface area contributed by atoms with Crippen LogP contribution in [0.15, 0.2) is 28.9 Å². The first-order chi connectivity index (χ1) is 10.5. The van der Waals surface area contributed by atoms with Crippen molar-refractivity contribution in [1.29, 1.82) is 0 Å². The van der Waals surface area contributed by atoms with Crippen LogP contribution < -0.4 is 10.6 Å². The molecule has 0 aliphatic heterocycles. The van der Waals surface area contributed by atoms with Gasteiger partial charge in [0.05, 0.1) is 22.7 Å². The molecule has 0 aliphatic carbocycles. The molecule has 22 heavy (non-hydrogen) atoms. The Bertz CT molecular complexity index is 649. The van der Waals surface area contributed by atoms with Crippen LogP contribution >= 0.6 is 11.3 Å². The molecular weight excluding hydrogens is 304 g/mol. The average Bonchev–Trinajstić information content (AvgIpc) is 3.08. The van der Waals surface area contributed by atoms with Crippen molar-refractivity contribution in [3.8, 4) is 0 Å². The van der Waals surface area contributed by atoms with E-state index in [1.54, 1.807) is 25.3 Å². The Labute approximate surface area is 132 Å². The largest absolute Gasteiger partial charge is 0.459 e. The molecule has 0 aromatic carbocycles. The highest BCUT2D eigenvalue weighted by Gasteiger charge is 2.17. The zero-order chi connectivity index (χ0) is 16.1. The summed E-state index contributed by atoms with van der Waals surface area (Å²) in [7, 11) is 1.58. The third kappa shape index (κ3) is 3.96. The lowest BCUT2D eigenvalue weighted by molar-refractivity contribution is 0.0908. The third-order valence-electron chi connectivity index (χ3n) is 2.90. The molecule has 2 aromatic heterocycles. The van der Waals surface area contributed by atoms with E-state index in [1.165, 1.54) is 17.6 Å². The Morgan fingerprint density at radius 3 is 2.82 bits per heavy atom. The molecule has 0 spiro atoms. The van der Waals surface area contributed by atoms with Crippen molar-refractivity contribution in [1.82, 2.24) is 5.32 Å². The van der Waals surface area contributed by atoms with Crippen molar-refractivity contribution in [2.75, 3.05) is 19.0 Å². The summed E-state index contributed by atoms with van der Waals surface area (Å²) in [5, 5.41) is 6.17. The Hall–Kier alpha value is -2.12. The summed E-state index contributed by atoms with van der Waals surface area (Å²) in [6.07, 6.45) is 1.44. The molecule has 1 unspecified atom stereocenters. The zero-order valence-corrected chi connectivity index (χ0v) is 13.5. The van der Waals surface area contributed by atoms with Gasteiger partial charge < -0.3 is 19.8 Å². The number of methoxy groups -OCH3 is 1. The van der Waals surface area contributed by atoms with Crippen molar-refractivity contribution in [2.45, 2.75) is 19.9 Å². The van der Waals surface area contributed by atoms with Gasteiger partial charge >= 0.3 is 0 Å². The monoisotopic (exact) mass is 322 g/mol. The quantitative estimate of drug-likeness (QED) is 0.857. The number of rotatable bonds is 6. The van der Waals surface area contributed by atoms with Gasteiger partial charge in [-0.25, -0.2) is 0 Å². The maximum atomic E-state index is 12.2. The minimum Gasteiger partial charge on any atom is -0.459 e. The lowest BCUT2D eigenvalue weighted by Crippen LogP contribution is -2.35. The molecule has 7 heteroatoms. The molecule has 2 N–H and O–H groups in total. The number of ether oxygens (including phenoxy) is 1. The van der Waals surface area contributed by atoms with E-state index in [1.807, 2.05) is 13.8 Å². The fourth-order valence-corrected chi connectivity index (χ4v) is 2.90. The van der Waals surface area contributed by atoms with Gasteiger partial charge in [0.25, 0.3) is 11.8 Å². The smallest absolute Gasteiger partial charge is 0.291 e. The number of hydrogen-bond acceptors (Lipinski definition) is 5. The Morgan fingerprint density at radius 1 is 1.41 bits per heavy atom. The number of anilines is 1. The number of amides is 2. The lowest BCUT2D eigenvalue weighted by Gasteiger charge is -2.12. The van der Waals surface area contributed by atoms with E-state index in [-0.39, 0.29) is 23.6 Å². The molecule has 2 heterocycles. The second kappa shape index (κ2) is 7.24. The van der Waals surface area contributed by atoms with E-state index in [0.717, 1.165) is 5.56 Å². The van der Waals surface area contributed by atoms with Gasteiger partial charge in [0.15, 0.2) is 5.76 Å². The summed E-state index contributed by atoms with van der Waals surface area (Å²) in [6, 6.07) is 4.90. The fraction of sp³-hybridized carbons (Fsp3) is 0.333. The van der Waals surface area contributed by atoms with Gasteiger partial charge in [0.2, 0.25) is 0 Å². The standard InChI is InChI=1S/C15H18N2O4S/c1-9-7-12(17-14(18)11-5-4-6-21-11)22-13(9)15(19)16-10(2)8-20-3/h4-7,10H,8H2,1-3H3,(H,16,19)(H,17,18). The second-order valence-electron chi connectivity index (χ2n) is 4.88. The number of aryl methyl sites for hydroxylation is 1. The summed E-state index contributed by atoms with van der Waals surface area (Å²) in [5.41, 5.74) is 0.807.